The van der Waals surface area contributed by atoms with Gasteiger partial charge in [0.15, 0.2) is 0 Å². The molecule has 0 bridgehead atoms. The monoisotopic (exact) mass is 456 g/mol. The highest BCUT2D eigenvalue weighted by Gasteiger charge is 2.55. The molecule has 2 aliphatic rings. The molecule has 0 aromatic heterocycles. The number of benzene rings is 3. The van der Waals surface area contributed by atoms with Crippen LogP contribution in [0.15, 0.2) is 84.9 Å². The van der Waals surface area contributed by atoms with Crippen LogP contribution in [0, 0.1) is 0 Å². The zero-order valence-corrected chi connectivity index (χ0v) is 19.2. The van der Waals surface area contributed by atoms with E-state index in [-0.39, 0.29) is 25.3 Å². The maximum atomic E-state index is 13.4. The van der Waals surface area contributed by atoms with E-state index in [0.717, 1.165) is 22.4 Å². The van der Waals surface area contributed by atoms with Crippen molar-refractivity contribution in [3.8, 4) is 0 Å². The first-order valence-corrected chi connectivity index (χ1v) is 11.7. The van der Waals surface area contributed by atoms with Crippen molar-refractivity contribution in [2.45, 2.75) is 44.7 Å². The minimum atomic E-state index is -0.704. The van der Waals surface area contributed by atoms with Gasteiger partial charge in [0.2, 0.25) is 0 Å². The number of fused-ring (bicyclic) bond motifs is 3. The lowest BCUT2D eigenvalue weighted by Crippen LogP contribution is -2.52. The number of hydrogen-bond donors (Lipinski definition) is 0. The topological polar surface area (TPSA) is 59.1 Å². The van der Waals surface area contributed by atoms with E-state index in [1.807, 2.05) is 72.8 Å². The van der Waals surface area contributed by atoms with Crippen LogP contribution in [-0.4, -0.2) is 35.7 Å². The van der Waals surface area contributed by atoms with Crippen molar-refractivity contribution >= 4 is 17.7 Å². The molecule has 6 heteroatoms. The second-order valence-electron chi connectivity index (χ2n) is 8.66. The maximum Gasteiger partial charge on any atom is 0.412 e. The fourth-order valence-corrected chi connectivity index (χ4v) is 5.14. The molecule has 6 nitrogen and oxygen atoms in total. The predicted octanol–water partition coefficient (Wildman–Crippen LogP) is 5.09. The number of carbonyl (C=O) groups excluding carboxylic acids is 2. The fraction of sp³-hybridized carbons (Fsp3) is 0.286. The summed E-state index contributed by atoms with van der Waals surface area (Å²) < 4.78 is 11.4. The quantitative estimate of drug-likeness (QED) is 0.484. The van der Waals surface area contributed by atoms with E-state index in [1.165, 1.54) is 0 Å². The molecule has 1 fully saturated rings. The first kappa shape index (κ1) is 22.0. The number of para-hydroxylation sites is 1. The van der Waals surface area contributed by atoms with Crippen molar-refractivity contribution in [3.63, 3.8) is 0 Å². The Labute approximate surface area is 199 Å². The number of rotatable bonds is 6. The number of esters is 1. The lowest BCUT2D eigenvalue weighted by molar-refractivity contribution is -0.150. The van der Waals surface area contributed by atoms with Gasteiger partial charge >= 0.3 is 12.1 Å². The summed E-state index contributed by atoms with van der Waals surface area (Å²) in [6.45, 7) is 3.10. The molecule has 0 N–H and O–H groups in total. The Bertz CT molecular complexity index is 1150. The van der Waals surface area contributed by atoms with Crippen molar-refractivity contribution in [2.24, 2.45) is 0 Å². The Morgan fingerprint density at radius 1 is 0.824 bits per heavy atom. The van der Waals surface area contributed by atoms with Crippen LogP contribution in [0.2, 0.25) is 0 Å². The second-order valence-corrected chi connectivity index (χ2v) is 8.66. The second kappa shape index (κ2) is 9.59. The molecular weight excluding hydrogens is 428 g/mol. The largest absolute Gasteiger partial charge is 0.459 e. The van der Waals surface area contributed by atoms with Crippen molar-refractivity contribution < 1.29 is 19.1 Å². The number of hydrogen-bond acceptors (Lipinski definition) is 5. The normalized spacial score (nSPS) is 20.6. The Balaban J connectivity index is 1.40. The van der Waals surface area contributed by atoms with Gasteiger partial charge in [-0.05, 0) is 36.1 Å². The van der Waals surface area contributed by atoms with Gasteiger partial charge in [-0.15, -0.1) is 0 Å². The highest BCUT2D eigenvalue weighted by molar-refractivity contribution is 5.84. The Morgan fingerprint density at radius 3 is 2.06 bits per heavy atom. The fourth-order valence-electron chi connectivity index (χ4n) is 5.14. The summed E-state index contributed by atoms with van der Waals surface area (Å²) in [6, 6.07) is 26.6. The standard InChI is InChI=1S/C28H28N2O4/c1-2-29-24-16-10-9-15-22(24)23-17-25(27(31)33-18-20-11-5-3-6-12-20)30(26(23)29)28(32)34-19-21-13-7-4-8-14-21/h3-16,23,25-26H,2,17-19H2,1H3/t23-,25+,26-/m1/s1. The molecule has 2 aliphatic heterocycles. The van der Waals surface area contributed by atoms with Crippen LogP contribution in [0.5, 0.6) is 0 Å². The third kappa shape index (κ3) is 4.12. The average Bonchev–Trinajstić information content (AvgIpc) is 3.42. The van der Waals surface area contributed by atoms with Crippen LogP contribution in [0.1, 0.15) is 36.0 Å². The predicted molar refractivity (Wildman–Crippen MR) is 129 cm³/mol. The number of nitrogens with zero attached hydrogens (tertiary/aromatic N) is 2. The molecule has 3 aromatic carbocycles. The Morgan fingerprint density at radius 2 is 1.41 bits per heavy atom. The number of amides is 1. The summed E-state index contributed by atoms with van der Waals surface area (Å²) in [6.07, 6.45) is -0.268. The van der Waals surface area contributed by atoms with Gasteiger partial charge in [-0.2, -0.15) is 0 Å². The molecular formula is C28H28N2O4. The Kier molecular flexibility index (Phi) is 6.21. The minimum absolute atomic E-state index is 0.0229. The van der Waals surface area contributed by atoms with Crippen LogP contribution < -0.4 is 4.90 Å². The van der Waals surface area contributed by atoms with Gasteiger partial charge in [-0.1, -0.05) is 78.9 Å². The summed E-state index contributed by atoms with van der Waals surface area (Å²) in [5.74, 6) is -0.377. The van der Waals surface area contributed by atoms with Crippen LogP contribution in [-0.2, 0) is 27.5 Å². The first-order valence-electron chi connectivity index (χ1n) is 11.7. The highest BCUT2D eigenvalue weighted by atomic mass is 16.6. The van der Waals surface area contributed by atoms with E-state index in [2.05, 4.69) is 24.0 Å². The summed E-state index contributed by atoms with van der Waals surface area (Å²) in [5, 5.41) is 0. The average molecular weight is 457 g/mol. The van der Waals surface area contributed by atoms with Gasteiger partial charge in [0.05, 0.1) is 0 Å². The molecule has 0 saturated carbocycles. The molecule has 3 atom stereocenters. The number of carbonyl (C=O) groups is 2. The first-order chi connectivity index (χ1) is 16.7. The molecule has 2 heterocycles. The molecule has 3 aromatic rings. The van der Waals surface area contributed by atoms with E-state index in [0.29, 0.717) is 13.0 Å². The SMILES string of the molecule is CCN1c2ccccc2[C@H]2C[C@@H](C(=O)OCc3ccccc3)N(C(=O)OCc3ccccc3)[C@H]21. The zero-order valence-electron chi connectivity index (χ0n) is 19.2. The van der Waals surface area contributed by atoms with E-state index in [1.54, 1.807) is 4.90 Å². The highest BCUT2D eigenvalue weighted by Crippen LogP contribution is 2.50. The van der Waals surface area contributed by atoms with Crippen LogP contribution in [0.25, 0.3) is 0 Å². The summed E-state index contributed by atoms with van der Waals surface area (Å²) in [7, 11) is 0. The van der Waals surface area contributed by atoms with Gasteiger partial charge in [-0.3, -0.25) is 4.90 Å². The molecule has 0 aliphatic carbocycles. The van der Waals surface area contributed by atoms with Crippen LogP contribution >= 0.6 is 0 Å². The smallest absolute Gasteiger partial charge is 0.412 e. The number of likely N-dealkylation sites (tertiary alicyclic amines) is 1. The zero-order chi connectivity index (χ0) is 23.5. The summed E-state index contributed by atoms with van der Waals surface area (Å²) in [5.41, 5.74) is 4.08. The third-order valence-electron chi connectivity index (χ3n) is 6.68. The van der Waals surface area contributed by atoms with Gasteiger partial charge in [0.1, 0.15) is 25.4 Å². The van der Waals surface area contributed by atoms with Gasteiger partial charge in [-0.25, -0.2) is 9.59 Å². The lowest BCUT2D eigenvalue weighted by atomic mass is 9.96. The molecule has 1 amide bonds. The number of likely N-dealkylation sites (N-methyl/N-ethyl adjacent to an activating group) is 1. The molecule has 174 valence electrons. The van der Waals surface area contributed by atoms with Crippen molar-refractivity contribution in [3.05, 3.63) is 102 Å². The number of ether oxygens (including phenoxy) is 2. The van der Waals surface area contributed by atoms with Crippen LogP contribution in [0.4, 0.5) is 10.5 Å². The van der Waals surface area contributed by atoms with Crippen molar-refractivity contribution in [2.75, 3.05) is 11.4 Å². The van der Waals surface area contributed by atoms with E-state index < -0.39 is 18.1 Å². The van der Waals surface area contributed by atoms with E-state index in [4.69, 9.17) is 9.47 Å². The van der Waals surface area contributed by atoms with Crippen molar-refractivity contribution in [1.82, 2.24) is 4.90 Å². The molecule has 34 heavy (non-hydrogen) atoms. The molecule has 5 rings (SSSR count). The summed E-state index contributed by atoms with van der Waals surface area (Å²) >= 11 is 0. The molecule has 0 spiro atoms. The van der Waals surface area contributed by atoms with Gasteiger partial charge < -0.3 is 14.4 Å². The van der Waals surface area contributed by atoms with Gasteiger partial charge in [0, 0.05) is 18.2 Å². The molecule has 0 unspecified atom stereocenters. The van der Waals surface area contributed by atoms with Crippen LogP contribution in [0.3, 0.4) is 0 Å². The molecule has 0 radical (unpaired) electrons. The number of anilines is 1. The van der Waals surface area contributed by atoms with Crippen molar-refractivity contribution in [1.29, 1.82) is 0 Å². The van der Waals surface area contributed by atoms with E-state index >= 15 is 0 Å². The van der Waals surface area contributed by atoms with E-state index in [9.17, 15) is 9.59 Å². The Hall–Kier alpha value is -3.80. The third-order valence-corrected chi connectivity index (χ3v) is 6.68. The minimum Gasteiger partial charge on any atom is -0.459 e. The van der Waals surface area contributed by atoms with Gasteiger partial charge in [0.25, 0.3) is 0 Å². The molecule has 1 saturated heterocycles. The maximum absolute atomic E-state index is 13.4. The summed E-state index contributed by atoms with van der Waals surface area (Å²) in [4.78, 5) is 30.5. The lowest BCUT2D eigenvalue weighted by Gasteiger charge is -2.34.